The zero-order chi connectivity index (χ0) is 17.2. The van der Waals surface area contributed by atoms with Crippen LogP contribution in [-0.2, 0) is 6.54 Å². The van der Waals surface area contributed by atoms with E-state index < -0.39 is 0 Å². The predicted molar refractivity (Wildman–Crippen MR) is 101 cm³/mol. The van der Waals surface area contributed by atoms with Gasteiger partial charge in [-0.3, -0.25) is 0 Å². The van der Waals surface area contributed by atoms with Crippen LogP contribution < -0.4 is 10.6 Å². The number of benzene rings is 1. The smallest absolute Gasteiger partial charge is 0.216 e. The van der Waals surface area contributed by atoms with E-state index in [0.717, 1.165) is 42.7 Å². The molecule has 0 saturated heterocycles. The van der Waals surface area contributed by atoms with E-state index in [9.17, 15) is 0 Å². The summed E-state index contributed by atoms with van der Waals surface area (Å²) in [4.78, 5) is 10.2. The third-order valence-electron chi connectivity index (χ3n) is 3.41. The molecule has 1 heterocycles. The number of aliphatic imine (C=N–C) groups is 1. The van der Waals surface area contributed by atoms with Crippen molar-refractivity contribution in [3.63, 3.8) is 0 Å². The zero-order valence-electron chi connectivity index (χ0n) is 14.6. The third kappa shape index (κ3) is 6.28. The molecule has 1 aromatic carbocycles. The van der Waals surface area contributed by atoms with Gasteiger partial charge in [-0.15, -0.1) is 11.8 Å². The first-order chi connectivity index (χ1) is 11.7. The van der Waals surface area contributed by atoms with Gasteiger partial charge < -0.3 is 15.1 Å². The maximum Gasteiger partial charge on any atom is 0.216 e. The van der Waals surface area contributed by atoms with Crippen LogP contribution in [-0.4, -0.2) is 29.8 Å². The number of aromatic nitrogens is 1. The molecule has 0 spiro atoms. The minimum atomic E-state index is 0.447. The van der Waals surface area contributed by atoms with E-state index in [1.165, 1.54) is 4.90 Å². The maximum atomic E-state index is 5.56. The van der Waals surface area contributed by atoms with Gasteiger partial charge in [0.25, 0.3) is 0 Å². The Kier molecular flexibility index (Phi) is 7.68. The minimum absolute atomic E-state index is 0.447. The van der Waals surface area contributed by atoms with Gasteiger partial charge in [0.05, 0.1) is 5.69 Å². The van der Waals surface area contributed by atoms with Gasteiger partial charge in [-0.2, -0.15) is 0 Å². The number of rotatable bonds is 8. The molecule has 0 aliphatic carbocycles. The molecular formula is C18H26N4OS. The first kappa shape index (κ1) is 18.4. The van der Waals surface area contributed by atoms with E-state index in [0.29, 0.717) is 12.4 Å². The summed E-state index contributed by atoms with van der Waals surface area (Å²) in [6, 6.07) is 10.5. The average Bonchev–Trinajstić information content (AvgIpc) is 2.91. The number of guanidine groups is 1. The monoisotopic (exact) mass is 346 g/mol. The summed E-state index contributed by atoms with van der Waals surface area (Å²) in [6.07, 6.45) is 1.07. The van der Waals surface area contributed by atoms with Gasteiger partial charge >= 0.3 is 0 Å². The van der Waals surface area contributed by atoms with Crippen LogP contribution in [0, 0.1) is 13.8 Å². The molecule has 0 atom stereocenters. The lowest BCUT2D eigenvalue weighted by Crippen LogP contribution is -2.37. The Hall–Kier alpha value is -1.95. The number of nitrogens with one attached hydrogen (secondary N) is 2. The second-order valence-corrected chi connectivity index (χ2v) is 6.55. The normalized spacial score (nSPS) is 11.5. The second kappa shape index (κ2) is 10.0. The summed E-state index contributed by atoms with van der Waals surface area (Å²) >= 11 is 1.87. The maximum absolute atomic E-state index is 5.56. The molecule has 2 aromatic rings. The van der Waals surface area contributed by atoms with E-state index >= 15 is 0 Å². The summed E-state index contributed by atoms with van der Waals surface area (Å²) in [6.45, 7) is 8.08. The van der Waals surface area contributed by atoms with Crippen LogP contribution >= 0.6 is 11.8 Å². The van der Waals surface area contributed by atoms with Crippen molar-refractivity contribution in [3.05, 3.63) is 47.7 Å². The lowest BCUT2D eigenvalue weighted by Gasteiger charge is -2.10. The van der Waals surface area contributed by atoms with Crippen LogP contribution in [0.15, 0.2) is 44.6 Å². The second-order valence-electron chi connectivity index (χ2n) is 5.39. The quantitative estimate of drug-likeness (QED) is 0.331. The van der Waals surface area contributed by atoms with Crippen molar-refractivity contribution in [2.24, 2.45) is 4.99 Å². The molecule has 0 radical (unpaired) electrons. The van der Waals surface area contributed by atoms with E-state index in [1.807, 2.05) is 31.7 Å². The Morgan fingerprint density at radius 3 is 2.67 bits per heavy atom. The van der Waals surface area contributed by atoms with Crippen LogP contribution in [0.2, 0.25) is 0 Å². The van der Waals surface area contributed by atoms with E-state index in [-0.39, 0.29) is 0 Å². The number of oxazole rings is 1. The summed E-state index contributed by atoms with van der Waals surface area (Å²) in [5.74, 6) is 3.39. The molecule has 2 rings (SSSR count). The molecule has 6 heteroatoms. The number of nitrogens with zero attached hydrogens (tertiary/aromatic N) is 2. The van der Waals surface area contributed by atoms with Crippen LogP contribution in [0.5, 0.6) is 0 Å². The Balaban J connectivity index is 1.73. The molecular weight excluding hydrogens is 320 g/mol. The fourth-order valence-corrected chi connectivity index (χ4v) is 2.95. The zero-order valence-corrected chi connectivity index (χ0v) is 15.4. The van der Waals surface area contributed by atoms with Crippen LogP contribution in [0.3, 0.4) is 0 Å². The Morgan fingerprint density at radius 1 is 1.21 bits per heavy atom. The first-order valence-electron chi connectivity index (χ1n) is 8.32. The van der Waals surface area contributed by atoms with Crippen molar-refractivity contribution in [1.29, 1.82) is 0 Å². The molecule has 0 aliphatic rings. The highest BCUT2D eigenvalue weighted by Gasteiger charge is 2.05. The number of aryl methyl sites for hydroxylation is 2. The van der Waals surface area contributed by atoms with E-state index in [4.69, 9.17) is 4.42 Å². The van der Waals surface area contributed by atoms with Gasteiger partial charge in [-0.05, 0) is 45.1 Å². The van der Waals surface area contributed by atoms with Gasteiger partial charge in [-0.25, -0.2) is 9.98 Å². The summed E-state index contributed by atoms with van der Waals surface area (Å²) < 4.78 is 5.56. The van der Waals surface area contributed by atoms with Gasteiger partial charge in [0.1, 0.15) is 12.3 Å². The molecule has 2 N–H and O–H groups in total. The largest absolute Gasteiger partial charge is 0.444 e. The Morgan fingerprint density at radius 2 is 2.00 bits per heavy atom. The van der Waals surface area contributed by atoms with Gasteiger partial charge in [0, 0.05) is 18.0 Å². The van der Waals surface area contributed by atoms with Crippen LogP contribution in [0.1, 0.15) is 30.7 Å². The highest BCUT2D eigenvalue weighted by Crippen LogP contribution is 2.17. The average molecular weight is 346 g/mol. The molecule has 0 bridgehead atoms. The highest BCUT2D eigenvalue weighted by molar-refractivity contribution is 7.99. The topological polar surface area (TPSA) is 62.5 Å². The standard InChI is InChI=1S/C18H26N4OS/c1-4-19-18(21-13-17-22-14(2)15(3)23-17)20-11-8-12-24-16-9-6-5-7-10-16/h5-7,9-10H,4,8,11-13H2,1-3H3,(H2,19,20,21). The molecule has 24 heavy (non-hydrogen) atoms. The van der Waals surface area contributed by atoms with Crippen LogP contribution in [0.4, 0.5) is 0 Å². The Bertz CT molecular complexity index is 620. The van der Waals surface area contributed by atoms with Gasteiger partial charge in [0.15, 0.2) is 5.96 Å². The minimum Gasteiger partial charge on any atom is -0.444 e. The molecule has 0 aliphatic heterocycles. The van der Waals surface area contributed by atoms with Crippen molar-refractivity contribution in [2.45, 2.75) is 38.6 Å². The number of hydrogen-bond donors (Lipinski definition) is 2. The van der Waals surface area contributed by atoms with Crippen LogP contribution in [0.25, 0.3) is 0 Å². The lowest BCUT2D eigenvalue weighted by atomic mass is 10.4. The van der Waals surface area contributed by atoms with Crippen molar-refractivity contribution >= 4 is 17.7 Å². The van der Waals surface area contributed by atoms with Crippen molar-refractivity contribution < 1.29 is 4.42 Å². The fourth-order valence-electron chi connectivity index (χ4n) is 2.08. The Labute approximate surface area is 148 Å². The van der Waals surface area contributed by atoms with E-state index in [1.54, 1.807) is 0 Å². The third-order valence-corrected chi connectivity index (χ3v) is 4.51. The van der Waals surface area contributed by atoms with Crippen molar-refractivity contribution in [2.75, 3.05) is 18.8 Å². The van der Waals surface area contributed by atoms with Crippen molar-refractivity contribution in [3.8, 4) is 0 Å². The molecule has 130 valence electrons. The summed E-state index contributed by atoms with van der Waals surface area (Å²) in [5.41, 5.74) is 0.927. The molecule has 5 nitrogen and oxygen atoms in total. The van der Waals surface area contributed by atoms with E-state index in [2.05, 4.69) is 51.8 Å². The molecule has 1 aromatic heterocycles. The predicted octanol–water partition coefficient (Wildman–Crippen LogP) is 3.53. The lowest BCUT2D eigenvalue weighted by molar-refractivity contribution is 0.473. The molecule has 0 saturated carbocycles. The SMILES string of the molecule is CCNC(=NCc1nc(C)c(C)o1)NCCCSc1ccccc1. The number of hydrogen-bond acceptors (Lipinski definition) is 4. The highest BCUT2D eigenvalue weighted by atomic mass is 32.2. The molecule has 0 fully saturated rings. The number of thioether (sulfide) groups is 1. The molecule has 0 unspecified atom stereocenters. The van der Waals surface area contributed by atoms with Gasteiger partial charge in [-0.1, -0.05) is 18.2 Å². The molecule has 0 amide bonds. The summed E-state index contributed by atoms with van der Waals surface area (Å²) in [5, 5.41) is 6.60. The fraction of sp³-hybridized carbons (Fsp3) is 0.444. The summed E-state index contributed by atoms with van der Waals surface area (Å²) in [7, 11) is 0. The first-order valence-corrected chi connectivity index (χ1v) is 9.30. The van der Waals surface area contributed by atoms with Crippen molar-refractivity contribution in [1.82, 2.24) is 15.6 Å². The van der Waals surface area contributed by atoms with Gasteiger partial charge in [0.2, 0.25) is 5.89 Å².